The van der Waals surface area contributed by atoms with E-state index in [4.69, 9.17) is 25.5 Å². The summed E-state index contributed by atoms with van der Waals surface area (Å²) in [7, 11) is 0. The fourth-order valence-electron chi connectivity index (χ4n) is 2.47. The summed E-state index contributed by atoms with van der Waals surface area (Å²) >= 11 is 5.96. The first-order chi connectivity index (χ1) is 14.6. The summed E-state index contributed by atoms with van der Waals surface area (Å²) < 4.78 is 16.0. The molecule has 8 heteroatoms. The van der Waals surface area contributed by atoms with E-state index in [1.807, 2.05) is 0 Å². The Kier molecular flexibility index (Phi) is 7.24. The first-order valence-corrected chi connectivity index (χ1v) is 9.51. The van der Waals surface area contributed by atoms with Crippen LogP contribution >= 0.6 is 11.6 Å². The average molecular weight is 427 g/mol. The van der Waals surface area contributed by atoms with Crippen molar-refractivity contribution in [3.63, 3.8) is 0 Å². The third-order valence-electron chi connectivity index (χ3n) is 3.88. The number of amides is 1. The van der Waals surface area contributed by atoms with E-state index < -0.39 is 5.91 Å². The Morgan fingerprint density at radius 2 is 1.87 bits per heavy atom. The van der Waals surface area contributed by atoms with Gasteiger partial charge in [0.1, 0.15) is 17.3 Å². The molecular formula is C22H19ClN2O5. The van der Waals surface area contributed by atoms with Gasteiger partial charge < -0.3 is 13.9 Å². The summed E-state index contributed by atoms with van der Waals surface area (Å²) in [6.45, 7) is 1.86. The number of hydrogen-bond donors (Lipinski definition) is 1. The molecule has 154 valence electrons. The Hall–Kier alpha value is -3.58. The number of carbonyl (C=O) groups excluding carboxylic acids is 2. The highest BCUT2D eigenvalue weighted by atomic mass is 35.5. The fourth-order valence-corrected chi connectivity index (χ4v) is 2.66. The number of hydrogen-bond acceptors (Lipinski definition) is 6. The van der Waals surface area contributed by atoms with Gasteiger partial charge in [0.2, 0.25) is 0 Å². The zero-order chi connectivity index (χ0) is 21.3. The highest BCUT2D eigenvalue weighted by Crippen LogP contribution is 2.23. The Balaban J connectivity index is 1.52. The second-order valence-electron chi connectivity index (χ2n) is 6.01. The maximum Gasteiger partial charge on any atom is 0.338 e. The third kappa shape index (κ3) is 5.71. The number of halogens is 1. The molecule has 0 aliphatic rings. The molecule has 0 unspecified atom stereocenters. The van der Waals surface area contributed by atoms with Crippen molar-refractivity contribution in [2.24, 2.45) is 5.10 Å². The van der Waals surface area contributed by atoms with Crippen LogP contribution in [0.3, 0.4) is 0 Å². The molecule has 3 aromatic rings. The molecule has 0 atom stereocenters. The molecule has 0 fully saturated rings. The zero-order valence-electron chi connectivity index (χ0n) is 16.1. The molecule has 7 nitrogen and oxygen atoms in total. The average Bonchev–Trinajstić information content (AvgIpc) is 3.22. The molecule has 1 amide bonds. The van der Waals surface area contributed by atoms with Crippen LogP contribution in [-0.2, 0) is 9.53 Å². The topological polar surface area (TPSA) is 90.1 Å². The molecule has 2 aromatic carbocycles. The van der Waals surface area contributed by atoms with E-state index in [-0.39, 0.29) is 12.6 Å². The molecule has 0 saturated heterocycles. The van der Waals surface area contributed by atoms with Gasteiger partial charge in [-0.15, -0.1) is 0 Å². The van der Waals surface area contributed by atoms with Crippen LogP contribution in [0.15, 0.2) is 70.2 Å². The zero-order valence-corrected chi connectivity index (χ0v) is 16.9. The molecule has 3 rings (SSSR count). The summed E-state index contributed by atoms with van der Waals surface area (Å²) in [4.78, 5) is 23.5. The van der Waals surface area contributed by atoms with E-state index in [2.05, 4.69) is 10.5 Å². The van der Waals surface area contributed by atoms with Crippen molar-refractivity contribution in [2.75, 3.05) is 13.2 Å². The van der Waals surface area contributed by atoms with Crippen LogP contribution < -0.4 is 10.2 Å². The fraction of sp³-hybridized carbons (Fsp3) is 0.136. The van der Waals surface area contributed by atoms with Crippen molar-refractivity contribution in [3.8, 4) is 17.1 Å². The second-order valence-corrected chi connectivity index (χ2v) is 6.42. The third-order valence-corrected chi connectivity index (χ3v) is 4.20. The number of hydrazone groups is 1. The van der Waals surface area contributed by atoms with Crippen LogP contribution in [0, 0.1) is 0 Å². The van der Waals surface area contributed by atoms with Crippen molar-refractivity contribution in [1.29, 1.82) is 0 Å². The monoisotopic (exact) mass is 426 g/mol. The van der Waals surface area contributed by atoms with Gasteiger partial charge in [0.05, 0.1) is 23.4 Å². The van der Waals surface area contributed by atoms with Gasteiger partial charge in [-0.3, -0.25) is 4.79 Å². The van der Waals surface area contributed by atoms with E-state index >= 15 is 0 Å². The molecule has 0 aliphatic heterocycles. The molecule has 1 N–H and O–H groups in total. The number of ether oxygens (including phenoxy) is 2. The van der Waals surface area contributed by atoms with Crippen molar-refractivity contribution < 1.29 is 23.5 Å². The van der Waals surface area contributed by atoms with E-state index in [0.717, 1.165) is 5.56 Å². The predicted molar refractivity (Wildman–Crippen MR) is 113 cm³/mol. The Morgan fingerprint density at radius 3 is 2.60 bits per heavy atom. The Morgan fingerprint density at radius 1 is 1.10 bits per heavy atom. The Bertz CT molecular complexity index is 1040. The largest absolute Gasteiger partial charge is 0.482 e. The minimum absolute atomic E-state index is 0.225. The van der Waals surface area contributed by atoms with Crippen LogP contribution in [0.25, 0.3) is 11.3 Å². The summed E-state index contributed by atoms with van der Waals surface area (Å²) in [5, 5.41) is 4.27. The maximum absolute atomic E-state index is 11.8. The van der Waals surface area contributed by atoms with Crippen molar-refractivity contribution in [2.45, 2.75) is 6.92 Å². The van der Waals surface area contributed by atoms with E-state index in [9.17, 15) is 9.59 Å². The van der Waals surface area contributed by atoms with Crippen molar-refractivity contribution in [3.05, 3.63) is 77.0 Å². The van der Waals surface area contributed by atoms with E-state index in [1.54, 1.807) is 67.6 Å². The van der Waals surface area contributed by atoms with Gasteiger partial charge in [-0.1, -0.05) is 35.9 Å². The molecule has 0 aliphatic carbocycles. The molecular weight excluding hydrogens is 408 g/mol. The lowest BCUT2D eigenvalue weighted by Gasteiger charge is -2.06. The first-order valence-electron chi connectivity index (χ1n) is 9.13. The standard InChI is InChI=1S/C22H19ClN2O5/c1-2-28-22(27)16-9-7-15(8-10-16)19-12-11-17(30-19)13-24-25-21(26)14-29-20-6-4-3-5-18(20)23/h3-13H,2,14H2,1H3,(H,25,26)/b24-13+. The number of nitrogens with zero attached hydrogens (tertiary/aromatic N) is 1. The van der Waals surface area contributed by atoms with Gasteiger partial charge in [-0.05, 0) is 43.3 Å². The lowest BCUT2D eigenvalue weighted by molar-refractivity contribution is -0.123. The molecule has 0 saturated carbocycles. The number of furan rings is 1. The van der Waals surface area contributed by atoms with Crippen LogP contribution in [0.2, 0.25) is 5.02 Å². The van der Waals surface area contributed by atoms with Crippen LogP contribution in [0.5, 0.6) is 5.75 Å². The van der Waals surface area contributed by atoms with Crippen molar-refractivity contribution >= 4 is 29.7 Å². The van der Waals surface area contributed by atoms with Crippen LogP contribution in [0.4, 0.5) is 0 Å². The van der Waals surface area contributed by atoms with Crippen LogP contribution in [0.1, 0.15) is 23.0 Å². The smallest absolute Gasteiger partial charge is 0.338 e. The lowest BCUT2D eigenvalue weighted by Crippen LogP contribution is -2.24. The SMILES string of the molecule is CCOC(=O)c1ccc(-c2ccc(/C=N/NC(=O)COc3ccccc3Cl)o2)cc1. The number of benzene rings is 2. The molecule has 0 bridgehead atoms. The molecule has 30 heavy (non-hydrogen) atoms. The minimum Gasteiger partial charge on any atom is -0.482 e. The van der Waals surface area contributed by atoms with E-state index in [0.29, 0.717) is 34.5 Å². The number of para-hydroxylation sites is 1. The predicted octanol–water partition coefficient (Wildman–Crippen LogP) is 4.31. The number of rotatable bonds is 8. The summed E-state index contributed by atoms with van der Waals surface area (Å²) in [6, 6.07) is 17.2. The van der Waals surface area contributed by atoms with Gasteiger partial charge in [0, 0.05) is 5.56 Å². The van der Waals surface area contributed by atoms with Gasteiger partial charge in [0.15, 0.2) is 6.61 Å². The number of nitrogens with one attached hydrogen (secondary N) is 1. The van der Waals surface area contributed by atoms with E-state index in [1.165, 1.54) is 6.21 Å². The normalized spacial score (nSPS) is 10.7. The minimum atomic E-state index is -0.437. The molecule has 1 heterocycles. The first kappa shape index (κ1) is 21.1. The summed E-state index contributed by atoms with van der Waals surface area (Å²) in [5.41, 5.74) is 3.61. The van der Waals surface area contributed by atoms with Crippen molar-refractivity contribution in [1.82, 2.24) is 5.43 Å². The summed E-state index contributed by atoms with van der Waals surface area (Å²) in [6.07, 6.45) is 1.38. The maximum atomic E-state index is 11.8. The number of esters is 1. The summed E-state index contributed by atoms with van der Waals surface area (Å²) in [5.74, 6) is 0.660. The van der Waals surface area contributed by atoms with Gasteiger partial charge >= 0.3 is 5.97 Å². The Labute approximate surface area is 178 Å². The van der Waals surface area contributed by atoms with Gasteiger partial charge in [0.25, 0.3) is 5.91 Å². The van der Waals surface area contributed by atoms with Crippen LogP contribution in [-0.4, -0.2) is 31.3 Å². The van der Waals surface area contributed by atoms with Gasteiger partial charge in [-0.25, -0.2) is 10.2 Å². The molecule has 0 radical (unpaired) electrons. The second kappa shape index (κ2) is 10.3. The van der Waals surface area contributed by atoms with Gasteiger partial charge in [-0.2, -0.15) is 5.10 Å². The quantitative estimate of drug-likeness (QED) is 0.329. The highest BCUT2D eigenvalue weighted by molar-refractivity contribution is 6.32. The number of carbonyl (C=O) groups is 2. The molecule has 1 aromatic heterocycles. The molecule has 0 spiro atoms. The highest BCUT2D eigenvalue weighted by Gasteiger charge is 2.09. The lowest BCUT2D eigenvalue weighted by atomic mass is 10.1.